The van der Waals surface area contributed by atoms with Gasteiger partial charge in [0, 0.05) is 48.4 Å². The van der Waals surface area contributed by atoms with Crippen LogP contribution in [0.15, 0.2) is 16.7 Å². The molecule has 6 nitrogen and oxygen atoms in total. The molecule has 2 heterocycles. The van der Waals surface area contributed by atoms with Crippen LogP contribution in [-0.2, 0) is 17.8 Å². The molecule has 0 aliphatic carbocycles. The van der Waals surface area contributed by atoms with Gasteiger partial charge >= 0.3 is 0 Å². The molecule has 0 saturated heterocycles. The van der Waals surface area contributed by atoms with Crippen LogP contribution in [0.2, 0.25) is 5.02 Å². The first-order valence-corrected chi connectivity index (χ1v) is 7.94. The van der Waals surface area contributed by atoms with Crippen molar-refractivity contribution in [3.05, 3.63) is 39.7 Å². The van der Waals surface area contributed by atoms with Crippen molar-refractivity contribution in [2.45, 2.75) is 19.9 Å². The number of carbonyl (C=O) groups excluding carboxylic acids is 1. The highest BCUT2D eigenvalue weighted by Crippen LogP contribution is 2.40. The molecule has 0 unspecified atom stereocenters. The number of nitrogens with zero attached hydrogens (tertiary/aromatic N) is 1. The van der Waals surface area contributed by atoms with E-state index in [9.17, 15) is 4.79 Å². The third-order valence-corrected chi connectivity index (χ3v) is 4.83. The van der Waals surface area contributed by atoms with Gasteiger partial charge in [-0.25, -0.2) is 0 Å². The van der Waals surface area contributed by atoms with Gasteiger partial charge in [0.15, 0.2) is 5.58 Å². The molecule has 2 aromatic rings. The molecule has 0 saturated carbocycles. The number of rotatable bonds is 3. The maximum atomic E-state index is 11.8. The molecule has 1 aliphatic heterocycles. The van der Waals surface area contributed by atoms with Crippen LogP contribution in [0.3, 0.4) is 0 Å². The number of benzene rings is 1. The summed E-state index contributed by atoms with van der Waals surface area (Å²) in [6, 6.07) is 1.87. The molecule has 0 radical (unpaired) electrons. The molecule has 0 fully saturated rings. The van der Waals surface area contributed by atoms with Crippen molar-refractivity contribution in [3.8, 4) is 0 Å². The number of nitrogens with two attached hydrogens (primary N) is 1. The molecule has 24 heavy (non-hydrogen) atoms. The molecule has 4 N–H and O–H groups in total. The lowest BCUT2D eigenvalue weighted by molar-refractivity contribution is -0.135. The summed E-state index contributed by atoms with van der Waals surface area (Å²) in [6.45, 7) is 2.17. The number of carbonyl (C=O) groups is 1. The first-order valence-electron chi connectivity index (χ1n) is 7.56. The third kappa shape index (κ3) is 2.48. The summed E-state index contributed by atoms with van der Waals surface area (Å²) in [6.07, 6.45) is 3.10. The molecule has 3 rings (SSSR count). The molecule has 0 bridgehead atoms. The van der Waals surface area contributed by atoms with E-state index in [0.717, 1.165) is 27.8 Å². The Kier molecular flexibility index (Phi) is 4.34. The summed E-state index contributed by atoms with van der Waals surface area (Å²) in [5.74, 6) is 0.457. The molecule has 0 spiro atoms. The van der Waals surface area contributed by atoms with Gasteiger partial charge in [0.25, 0.3) is 0 Å². The van der Waals surface area contributed by atoms with E-state index in [1.807, 2.05) is 13.0 Å². The first-order chi connectivity index (χ1) is 11.5. The van der Waals surface area contributed by atoms with E-state index in [4.69, 9.17) is 32.3 Å². The van der Waals surface area contributed by atoms with Gasteiger partial charge < -0.3 is 25.6 Å². The Morgan fingerprint density at radius 2 is 2.33 bits per heavy atom. The molecule has 1 aliphatic rings. The summed E-state index contributed by atoms with van der Waals surface area (Å²) in [4.78, 5) is 13.4. The predicted molar refractivity (Wildman–Crippen MR) is 93.1 cm³/mol. The highest BCUT2D eigenvalue weighted by atomic mass is 35.5. The largest absolute Gasteiger partial charge is 0.459 e. The van der Waals surface area contributed by atoms with Gasteiger partial charge in [-0.2, -0.15) is 0 Å². The van der Waals surface area contributed by atoms with Crippen LogP contribution in [0.25, 0.3) is 16.5 Å². The van der Waals surface area contributed by atoms with Crippen molar-refractivity contribution >= 4 is 40.3 Å². The van der Waals surface area contributed by atoms with Gasteiger partial charge in [-0.3, -0.25) is 4.79 Å². The van der Waals surface area contributed by atoms with E-state index in [1.54, 1.807) is 4.90 Å². The van der Waals surface area contributed by atoms with Gasteiger partial charge in [0.1, 0.15) is 12.4 Å². The van der Waals surface area contributed by atoms with Crippen LogP contribution in [-0.4, -0.2) is 35.3 Å². The number of aryl methyl sites for hydroxylation is 1. The normalized spacial score (nSPS) is 14.8. The Labute approximate surface area is 144 Å². The van der Waals surface area contributed by atoms with Gasteiger partial charge in [-0.05, 0) is 24.1 Å². The highest BCUT2D eigenvalue weighted by molar-refractivity contribution is 6.36. The van der Waals surface area contributed by atoms with Crippen LogP contribution in [0.5, 0.6) is 0 Å². The summed E-state index contributed by atoms with van der Waals surface area (Å²) in [5.41, 5.74) is 9.21. The Hall–Kier alpha value is -2.31. The smallest absolute Gasteiger partial charge is 0.248 e. The summed E-state index contributed by atoms with van der Waals surface area (Å²) < 4.78 is 5.97. The van der Waals surface area contributed by atoms with Crippen LogP contribution in [0.4, 0.5) is 0 Å². The van der Waals surface area contributed by atoms with E-state index in [1.165, 1.54) is 12.4 Å². The fourth-order valence-electron chi connectivity index (χ4n) is 3.11. The van der Waals surface area contributed by atoms with Crippen LogP contribution in [0.1, 0.15) is 22.5 Å². The van der Waals surface area contributed by atoms with Gasteiger partial charge in [0.2, 0.25) is 5.91 Å². The Morgan fingerprint density at radius 1 is 1.58 bits per heavy atom. The maximum Gasteiger partial charge on any atom is 0.248 e. The second-order valence-corrected chi connectivity index (χ2v) is 6.13. The number of furan rings is 1. The van der Waals surface area contributed by atoms with Crippen LogP contribution >= 0.6 is 11.6 Å². The van der Waals surface area contributed by atoms with Crippen LogP contribution in [0, 0.1) is 12.3 Å². The average molecular weight is 348 g/mol. The van der Waals surface area contributed by atoms with Crippen molar-refractivity contribution in [2.24, 2.45) is 5.73 Å². The van der Waals surface area contributed by atoms with Gasteiger partial charge in [-0.1, -0.05) is 11.6 Å². The molecule has 1 aromatic carbocycles. The lowest BCUT2D eigenvalue weighted by atomic mass is 9.95. The zero-order chi connectivity index (χ0) is 17.4. The summed E-state index contributed by atoms with van der Waals surface area (Å²) in [5, 5.41) is 18.0. The number of fused-ring (bicyclic) bond motifs is 3. The summed E-state index contributed by atoms with van der Waals surface area (Å²) in [7, 11) is 0. The predicted octanol–water partition coefficient (Wildman–Crippen LogP) is 2.22. The van der Waals surface area contributed by atoms with Crippen molar-refractivity contribution in [1.29, 1.82) is 5.41 Å². The topological polar surface area (TPSA) is 104 Å². The molecular weight excluding hydrogens is 330 g/mol. The second-order valence-electron chi connectivity index (χ2n) is 5.75. The highest BCUT2D eigenvalue weighted by Gasteiger charge is 2.28. The number of halogens is 1. The van der Waals surface area contributed by atoms with Crippen molar-refractivity contribution in [2.75, 3.05) is 13.2 Å². The number of amides is 1. The number of hydrogen-bond acceptors (Lipinski definition) is 5. The Bertz CT molecular complexity index is 870. The molecular formula is C17H18ClN3O3. The Balaban J connectivity index is 2.27. The number of nitrogens with one attached hydrogen (secondary N) is 1. The van der Waals surface area contributed by atoms with Gasteiger partial charge in [0.05, 0.1) is 5.02 Å². The van der Waals surface area contributed by atoms with E-state index >= 15 is 0 Å². The van der Waals surface area contributed by atoms with E-state index in [2.05, 4.69) is 0 Å². The fraction of sp³-hybridized carbons (Fsp3) is 0.294. The number of aliphatic hydroxyl groups is 1. The molecule has 1 amide bonds. The second kappa shape index (κ2) is 6.30. The van der Waals surface area contributed by atoms with Crippen LogP contribution < -0.4 is 5.73 Å². The minimum absolute atomic E-state index is 0.323. The minimum atomic E-state index is -0.522. The zero-order valence-corrected chi connectivity index (χ0v) is 14.0. The fourth-order valence-corrected chi connectivity index (χ4v) is 3.30. The number of hydrogen-bond donors (Lipinski definition) is 3. The molecule has 126 valence electrons. The monoisotopic (exact) mass is 347 g/mol. The van der Waals surface area contributed by atoms with E-state index in [-0.39, 0.29) is 5.91 Å². The van der Waals surface area contributed by atoms with Crippen molar-refractivity contribution < 1.29 is 14.3 Å². The van der Waals surface area contributed by atoms with Crippen molar-refractivity contribution in [1.82, 2.24) is 4.90 Å². The minimum Gasteiger partial charge on any atom is -0.459 e. The number of aliphatic hydroxyl groups excluding tert-OH is 1. The average Bonchev–Trinajstić information content (AvgIpc) is 2.98. The van der Waals surface area contributed by atoms with Crippen molar-refractivity contribution in [3.63, 3.8) is 0 Å². The quantitative estimate of drug-likeness (QED) is 0.740. The SMILES string of the molecule is Cc1cc(/C(C=N)=C/N)c2c3c(oc2c1Cl)CCN(C(=O)CO)C3. The lowest BCUT2D eigenvalue weighted by Gasteiger charge is -2.26. The first kappa shape index (κ1) is 16.5. The van der Waals surface area contributed by atoms with E-state index in [0.29, 0.717) is 35.7 Å². The Morgan fingerprint density at radius 3 is 2.96 bits per heavy atom. The zero-order valence-electron chi connectivity index (χ0n) is 13.2. The molecule has 0 atom stereocenters. The lowest BCUT2D eigenvalue weighted by Crippen LogP contribution is -2.37. The molecule has 7 heteroatoms. The maximum absolute atomic E-state index is 11.8. The van der Waals surface area contributed by atoms with E-state index < -0.39 is 6.61 Å². The number of allylic oxidation sites excluding steroid dienone is 1. The summed E-state index contributed by atoms with van der Waals surface area (Å²) >= 11 is 6.41. The molecule has 1 aromatic heterocycles. The third-order valence-electron chi connectivity index (χ3n) is 4.36. The standard InChI is InChI=1S/C17H18ClN3O3/c1-9-4-11(10(5-19)6-20)15-12-7-21(14(23)8-22)3-2-13(12)24-17(15)16(9)18/h4-6,19,22H,2-3,7-8,20H2,1H3/b10-6+,19-5?. The van der Waals surface area contributed by atoms with Gasteiger partial charge in [-0.15, -0.1) is 0 Å².